The second kappa shape index (κ2) is 12.7. The number of nitrogens with zero attached hydrogens (tertiary/aromatic N) is 1. The van der Waals surface area contributed by atoms with Crippen LogP contribution in [0.2, 0.25) is 0 Å². The number of carbonyl (C=O) groups excluding carboxylic acids is 1. The highest BCUT2D eigenvalue weighted by Crippen LogP contribution is 2.38. The molecule has 1 aliphatic carbocycles. The van der Waals surface area contributed by atoms with E-state index in [0.29, 0.717) is 24.3 Å². The molecule has 0 spiro atoms. The number of methoxy groups -OCH3 is 1. The highest BCUT2D eigenvalue weighted by atomic mass is 16.6. The van der Waals surface area contributed by atoms with E-state index in [9.17, 15) is 4.79 Å². The summed E-state index contributed by atoms with van der Waals surface area (Å²) in [4.78, 5) is 18.1. The molecule has 1 aromatic heterocycles. The van der Waals surface area contributed by atoms with Crippen LogP contribution in [-0.4, -0.2) is 38.1 Å². The number of rotatable bonds is 9. The maximum atomic E-state index is 13.1. The number of fused-ring (bicyclic) bond motifs is 1. The minimum atomic E-state index is -0.520. The van der Waals surface area contributed by atoms with Crippen molar-refractivity contribution in [1.82, 2.24) is 10.3 Å². The van der Waals surface area contributed by atoms with E-state index < -0.39 is 11.8 Å². The van der Waals surface area contributed by atoms with Gasteiger partial charge in [-0.1, -0.05) is 66.5 Å². The van der Waals surface area contributed by atoms with Gasteiger partial charge < -0.3 is 9.47 Å². The zero-order chi connectivity index (χ0) is 29.0. The van der Waals surface area contributed by atoms with E-state index in [0.717, 1.165) is 46.1 Å². The summed E-state index contributed by atoms with van der Waals surface area (Å²) in [5.74, 6) is 0.667. The molecule has 210 valence electrons. The molecule has 1 heterocycles. The predicted molar refractivity (Wildman–Crippen MR) is 165 cm³/mol. The largest absolute Gasteiger partial charge is 0.460 e. The van der Waals surface area contributed by atoms with Crippen LogP contribution in [0.5, 0.6) is 0 Å². The first-order chi connectivity index (χ1) is 19.0. The molecular formula is C34H43BN2O3. The third-order valence-corrected chi connectivity index (χ3v) is 8.00. The summed E-state index contributed by atoms with van der Waals surface area (Å²) in [6.45, 7) is 12.9. The lowest BCUT2D eigenvalue weighted by Crippen LogP contribution is -2.38. The Morgan fingerprint density at radius 3 is 2.52 bits per heavy atom. The van der Waals surface area contributed by atoms with Gasteiger partial charge >= 0.3 is 5.97 Å². The quantitative estimate of drug-likeness (QED) is 0.144. The van der Waals surface area contributed by atoms with E-state index in [2.05, 4.69) is 44.3 Å². The maximum absolute atomic E-state index is 13.1. The minimum absolute atomic E-state index is 0.0612. The van der Waals surface area contributed by atoms with E-state index in [4.69, 9.17) is 22.3 Å². The summed E-state index contributed by atoms with van der Waals surface area (Å²) in [7, 11) is 7.96. The third-order valence-electron chi connectivity index (χ3n) is 8.00. The van der Waals surface area contributed by atoms with Crippen LogP contribution in [-0.2, 0) is 14.3 Å². The van der Waals surface area contributed by atoms with Crippen LogP contribution < -0.4 is 10.8 Å². The molecule has 1 N–H and O–H groups in total. The lowest BCUT2D eigenvalue weighted by Gasteiger charge is -2.36. The van der Waals surface area contributed by atoms with E-state index in [1.807, 2.05) is 57.2 Å². The maximum Gasteiger partial charge on any atom is 0.306 e. The van der Waals surface area contributed by atoms with Gasteiger partial charge in [-0.3, -0.25) is 10.1 Å². The average molecular weight is 539 g/mol. The van der Waals surface area contributed by atoms with Gasteiger partial charge in [-0.2, -0.15) is 0 Å². The van der Waals surface area contributed by atoms with Crippen LogP contribution in [0.15, 0.2) is 60.2 Å². The first-order valence-corrected chi connectivity index (χ1v) is 14.4. The molecule has 2 aromatic carbocycles. The molecule has 2 radical (unpaired) electrons. The fraction of sp³-hybridized carbons (Fsp3) is 0.471. The van der Waals surface area contributed by atoms with Crippen LogP contribution in [0, 0.1) is 24.7 Å². The number of hydrogen-bond donors (Lipinski definition) is 1. The van der Waals surface area contributed by atoms with Crippen molar-refractivity contribution >= 4 is 30.2 Å². The number of hydrogen-bond acceptors (Lipinski definition) is 5. The molecule has 4 rings (SSSR count). The highest BCUT2D eigenvalue weighted by Gasteiger charge is 2.34. The first-order valence-electron chi connectivity index (χ1n) is 14.4. The van der Waals surface area contributed by atoms with Crippen molar-refractivity contribution in [3.63, 3.8) is 0 Å². The molecule has 0 fully saturated rings. The summed E-state index contributed by atoms with van der Waals surface area (Å²) >= 11 is 0. The topological polar surface area (TPSA) is 60.5 Å². The average Bonchev–Trinajstić information content (AvgIpc) is 2.89. The molecule has 40 heavy (non-hydrogen) atoms. The molecule has 6 heteroatoms. The second-order valence-corrected chi connectivity index (χ2v) is 12.2. The van der Waals surface area contributed by atoms with Gasteiger partial charge in [-0.25, -0.2) is 4.98 Å². The molecule has 5 nitrogen and oxygen atoms in total. The fourth-order valence-electron chi connectivity index (χ4n) is 6.28. The smallest absolute Gasteiger partial charge is 0.306 e. The van der Waals surface area contributed by atoms with Gasteiger partial charge in [0, 0.05) is 30.2 Å². The normalized spacial score (nSPS) is 19.2. The van der Waals surface area contributed by atoms with Crippen LogP contribution in [0.3, 0.4) is 0 Å². The SMILES string of the molecule is [B]c1ccc2nc(-c3ccccc3)c(C)c(C(NCC(CC(=O)OC(C)(C)C)C3C(C)=CCCC3C)OC)c2c1. The van der Waals surface area contributed by atoms with Gasteiger partial charge in [0.25, 0.3) is 0 Å². The number of carbonyl (C=O) groups is 1. The molecule has 0 saturated heterocycles. The summed E-state index contributed by atoms with van der Waals surface area (Å²) in [5, 5.41) is 4.66. The molecule has 0 amide bonds. The van der Waals surface area contributed by atoms with E-state index in [1.165, 1.54) is 5.57 Å². The van der Waals surface area contributed by atoms with E-state index in [-0.39, 0.29) is 17.8 Å². The Morgan fingerprint density at radius 1 is 1.15 bits per heavy atom. The molecule has 0 bridgehead atoms. The Bertz CT molecular complexity index is 1360. The van der Waals surface area contributed by atoms with Crippen molar-refractivity contribution in [2.24, 2.45) is 17.8 Å². The van der Waals surface area contributed by atoms with Crippen molar-refractivity contribution in [1.29, 1.82) is 0 Å². The first kappa shape index (κ1) is 30.0. The lowest BCUT2D eigenvalue weighted by atomic mass is 9.71. The summed E-state index contributed by atoms with van der Waals surface area (Å²) < 4.78 is 11.9. The van der Waals surface area contributed by atoms with E-state index >= 15 is 0 Å². The number of esters is 1. The van der Waals surface area contributed by atoms with Gasteiger partial charge in [0.2, 0.25) is 0 Å². The van der Waals surface area contributed by atoms with Gasteiger partial charge in [0.15, 0.2) is 0 Å². The fourth-order valence-corrected chi connectivity index (χ4v) is 6.28. The zero-order valence-corrected chi connectivity index (χ0v) is 25.1. The van der Waals surface area contributed by atoms with Crippen LogP contribution in [0.4, 0.5) is 0 Å². The standard InChI is InChI=1S/C34H43BN2O3/c1-21-12-11-13-22(2)30(21)25(18-29(38)40-34(4,5)6)20-36-33(39-7)31-23(3)32(24-14-9-8-10-15-24)37-28-17-16-26(35)19-27(28)31/h8-10,12,14-17,19,22,25,30,33,36H,11,13,18,20H2,1-7H3. The Kier molecular flexibility index (Phi) is 9.53. The second-order valence-electron chi connectivity index (χ2n) is 12.2. The van der Waals surface area contributed by atoms with Gasteiger partial charge in [-0.05, 0) is 76.8 Å². The highest BCUT2D eigenvalue weighted by molar-refractivity contribution is 6.33. The zero-order valence-electron chi connectivity index (χ0n) is 25.1. The number of benzene rings is 2. The number of nitrogens with one attached hydrogen (secondary N) is 1. The van der Waals surface area contributed by atoms with Crippen molar-refractivity contribution in [3.8, 4) is 11.3 Å². The number of aromatic nitrogens is 1. The Labute approximate surface area is 241 Å². The van der Waals surface area contributed by atoms with Crippen LogP contribution in [0.1, 0.15) is 71.2 Å². The van der Waals surface area contributed by atoms with Gasteiger partial charge in [-0.15, -0.1) is 0 Å². The van der Waals surface area contributed by atoms with E-state index in [1.54, 1.807) is 7.11 Å². The Balaban J connectivity index is 1.72. The Morgan fingerprint density at radius 2 is 1.88 bits per heavy atom. The van der Waals surface area contributed by atoms with Crippen LogP contribution in [0.25, 0.3) is 22.2 Å². The van der Waals surface area contributed by atoms with Crippen molar-refractivity contribution < 1.29 is 14.3 Å². The third kappa shape index (κ3) is 7.02. The van der Waals surface area contributed by atoms with Crippen LogP contribution >= 0.6 is 0 Å². The number of allylic oxidation sites excluding steroid dienone is 2. The molecule has 0 aliphatic heterocycles. The summed E-state index contributed by atoms with van der Waals surface area (Å²) in [6.07, 6.45) is 4.46. The van der Waals surface area contributed by atoms with Crippen molar-refractivity contribution in [3.05, 3.63) is 71.3 Å². The summed E-state index contributed by atoms with van der Waals surface area (Å²) in [5.41, 5.74) is 6.39. The molecule has 3 aromatic rings. The molecular weight excluding hydrogens is 495 g/mol. The van der Waals surface area contributed by atoms with Crippen molar-refractivity contribution in [2.75, 3.05) is 13.7 Å². The van der Waals surface area contributed by atoms with Gasteiger partial charge in [0.05, 0.1) is 17.6 Å². The number of pyridine rings is 1. The van der Waals surface area contributed by atoms with Gasteiger partial charge in [0.1, 0.15) is 19.7 Å². The molecule has 0 saturated carbocycles. The van der Waals surface area contributed by atoms with Crippen molar-refractivity contribution in [2.45, 2.75) is 72.6 Å². The molecule has 4 unspecified atom stereocenters. The molecule has 1 aliphatic rings. The number of ether oxygens (including phenoxy) is 2. The summed E-state index contributed by atoms with van der Waals surface area (Å²) in [6, 6.07) is 16.0. The molecule has 4 atom stereocenters. The lowest BCUT2D eigenvalue weighted by molar-refractivity contribution is -0.156. The Hall–Kier alpha value is -2.96. The monoisotopic (exact) mass is 538 g/mol. The predicted octanol–water partition coefficient (Wildman–Crippen LogP) is 6.58. The minimum Gasteiger partial charge on any atom is -0.460 e.